The molecule has 1 aromatic rings. The molecule has 0 bridgehead atoms. The Labute approximate surface area is 126 Å². The fraction of sp³-hybridized carbons (Fsp3) is 0.455. The van der Waals surface area contributed by atoms with Crippen LogP contribution in [0.3, 0.4) is 0 Å². The molecule has 1 aromatic carbocycles. The molecule has 0 saturated heterocycles. The molecular formula is C11H16ClFN2O3S2. The van der Waals surface area contributed by atoms with Gasteiger partial charge in [-0.3, -0.25) is 0 Å². The highest BCUT2D eigenvalue weighted by Gasteiger charge is 2.25. The van der Waals surface area contributed by atoms with Crippen molar-refractivity contribution in [2.24, 2.45) is 0 Å². The summed E-state index contributed by atoms with van der Waals surface area (Å²) in [6.07, 6.45) is 1.79. The molecule has 0 radical (unpaired) electrons. The van der Waals surface area contributed by atoms with Gasteiger partial charge >= 0.3 is 0 Å². The van der Waals surface area contributed by atoms with E-state index >= 15 is 0 Å². The first-order valence-corrected chi connectivity index (χ1v) is 8.80. The fourth-order valence-electron chi connectivity index (χ4n) is 1.44. The Morgan fingerprint density at radius 1 is 1.55 bits per heavy atom. The largest absolute Gasteiger partial charge is 0.396 e. The van der Waals surface area contributed by atoms with Crippen LogP contribution in [0.25, 0.3) is 0 Å². The average molecular weight is 343 g/mol. The zero-order valence-corrected chi connectivity index (χ0v) is 13.4. The molecule has 0 saturated carbocycles. The summed E-state index contributed by atoms with van der Waals surface area (Å²) < 4.78 is 39.5. The van der Waals surface area contributed by atoms with Crippen LogP contribution in [0.2, 0.25) is 5.02 Å². The molecule has 1 rings (SSSR count). The van der Waals surface area contributed by atoms with E-state index in [0.29, 0.717) is 5.75 Å². The third-order valence-electron chi connectivity index (χ3n) is 2.44. The van der Waals surface area contributed by atoms with E-state index in [4.69, 9.17) is 17.3 Å². The summed E-state index contributed by atoms with van der Waals surface area (Å²) in [6.45, 7) is 1.32. The summed E-state index contributed by atoms with van der Waals surface area (Å²) in [4.78, 5) is -0.321. The molecule has 0 aliphatic heterocycles. The lowest BCUT2D eigenvalue weighted by Crippen LogP contribution is -2.42. The molecule has 0 fully saturated rings. The minimum absolute atomic E-state index is 0.191. The SMILES string of the molecule is CSCC(C)(O)CNS(=O)(=O)c1cc(N)c(F)cc1Cl. The first kappa shape index (κ1) is 17.5. The van der Waals surface area contributed by atoms with Crippen LogP contribution < -0.4 is 10.5 Å². The number of rotatable bonds is 6. The summed E-state index contributed by atoms with van der Waals surface area (Å²) in [5.74, 6) is -0.433. The van der Waals surface area contributed by atoms with Crippen molar-refractivity contribution < 1.29 is 17.9 Å². The summed E-state index contributed by atoms with van der Waals surface area (Å²) in [5, 5.41) is 9.66. The van der Waals surface area contributed by atoms with E-state index in [1.165, 1.54) is 18.7 Å². The predicted octanol–water partition coefficient (Wildman–Crippen LogP) is 1.45. The fourth-order valence-corrected chi connectivity index (χ4v) is 3.87. The molecule has 0 aliphatic carbocycles. The number of nitrogens with one attached hydrogen (secondary N) is 1. The Morgan fingerprint density at radius 3 is 2.70 bits per heavy atom. The van der Waals surface area contributed by atoms with Crippen LogP contribution in [0.4, 0.5) is 10.1 Å². The van der Waals surface area contributed by atoms with Crippen LogP contribution in [0.5, 0.6) is 0 Å². The lowest BCUT2D eigenvalue weighted by molar-refractivity contribution is 0.0908. The second-order valence-corrected chi connectivity index (χ2v) is 7.57. The number of hydrogen-bond acceptors (Lipinski definition) is 5. The zero-order valence-electron chi connectivity index (χ0n) is 11.0. The predicted molar refractivity (Wildman–Crippen MR) is 80.0 cm³/mol. The third-order valence-corrected chi connectivity index (χ3v) is 5.22. The highest BCUT2D eigenvalue weighted by Crippen LogP contribution is 2.26. The topological polar surface area (TPSA) is 92.4 Å². The van der Waals surface area contributed by atoms with Crippen LogP contribution in [-0.2, 0) is 10.0 Å². The molecule has 4 N–H and O–H groups in total. The van der Waals surface area contributed by atoms with Crippen LogP contribution in [-0.4, -0.2) is 37.7 Å². The highest BCUT2D eigenvalue weighted by atomic mass is 35.5. The molecule has 9 heteroatoms. The molecular weight excluding hydrogens is 327 g/mol. The number of benzene rings is 1. The average Bonchev–Trinajstić information content (AvgIpc) is 2.31. The van der Waals surface area contributed by atoms with Gasteiger partial charge in [-0.05, 0) is 25.3 Å². The minimum atomic E-state index is -3.98. The highest BCUT2D eigenvalue weighted by molar-refractivity contribution is 7.98. The first-order valence-electron chi connectivity index (χ1n) is 5.54. The number of halogens is 2. The van der Waals surface area contributed by atoms with Gasteiger partial charge in [0, 0.05) is 12.3 Å². The van der Waals surface area contributed by atoms with Gasteiger partial charge in [0.2, 0.25) is 10.0 Å². The number of aliphatic hydroxyl groups is 1. The molecule has 5 nitrogen and oxygen atoms in total. The molecule has 114 valence electrons. The monoisotopic (exact) mass is 342 g/mol. The van der Waals surface area contributed by atoms with Crippen molar-refractivity contribution in [3.63, 3.8) is 0 Å². The normalized spacial score (nSPS) is 15.1. The van der Waals surface area contributed by atoms with Gasteiger partial charge in [0.25, 0.3) is 0 Å². The Hall–Kier alpha value is -0.540. The van der Waals surface area contributed by atoms with Gasteiger partial charge in [-0.1, -0.05) is 11.6 Å². The van der Waals surface area contributed by atoms with Crippen molar-refractivity contribution in [3.8, 4) is 0 Å². The van der Waals surface area contributed by atoms with Gasteiger partial charge in [-0.25, -0.2) is 17.5 Å². The smallest absolute Gasteiger partial charge is 0.242 e. The summed E-state index contributed by atoms with van der Waals surface area (Å²) in [7, 11) is -3.98. The van der Waals surface area contributed by atoms with Crippen LogP contribution in [0, 0.1) is 5.82 Å². The van der Waals surface area contributed by atoms with E-state index in [0.717, 1.165) is 12.1 Å². The maximum atomic E-state index is 13.2. The number of nitrogens with two attached hydrogens (primary N) is 1. The van der Waals surface area contributed by atoms with E-state index in [1.54, 1.807) is 6.26 Å². The summed E-state index contributed by atoms with van der Waals surface area (Å²) >= 11 is 7.10. The van der Waals surface area contributed by atoms with Crippen molar-refractivity contribution in [3.05, 3.63) is 23.0 Å². The minimum Gasteiger partial charge on any atom is -0.396 e. The molecule has 0 aromatic heterocycles. The van der Waals surface area contributed by atoms with E-state index < -0.39 is 21.4 Å². The standard InChI is InChI=1S/C11H16ClFN2O3S2/c1-11(16,6-19-2)5-15-20(17,18)10-4-9(14)8(13)3-7(10)12/h3-4,15-16H,5-6,14H2,1-2H3. The summed E-state index contributed by atoms with van der Waals surface area (Å²) in [5.41, 5.74) is 3.82. The van der Waals surface area contributed by atoms with Crippen LogP contribution in [0.1, 0.15) is 6.92 Å². The zero-order chi connectivity index (χ0) is 15.6. The second kappa shape index (κ2) is 6.48. The lowest BCUT2D eigenvalue weighted by atomic mass is 10.1. The van der Waals surface area contributed by atoms with Crippen molar-refractivity contribution in [2.75, 3.05) is 24.3 Å². The van der Waals surface area contributed by atoms with Gasteiger partial charge in [0.05, 0.1) is 16.3 Å². The summed E-state index contributed by atoms with van der Waals surface area (Å²) in [6, 6.07) is 1.79. The van der Waals surface area contributed by atoms with E-state index in [9.17, 15) is 17.9 Å². The number of anilines is 1. The molecule has 0 heterocycles. The third kappa shape index (κ3) is 4.49. The van der Waals surface area contributed by atoms with Crippen molar-refractivity contribution in [2.45, 2.75) is 17.4 Å². The van der Waals surface area contributed by atoms with Gasteiger partial charge in [-0.2, -0.15) is 11.8 Å². The van der Waals surface area contributed by atoms with Crippen molar-refractivity contribution in [1.82, 2.24) is 4.72 Å². The molecule has 0 spiro atoms. The Bertz CT molecular complexity index is 594. The quantitative estimate of drug-likeness (QED) is 0.680. The number of nitrogen functional groups attached to an aromatic ring is 1. The maximum Gasteiger partial charge on any atom is 0.242 e. The van der Waals surface area contributed by atoms with Crippen molar-refractivity contribution in [1.29, 1.82) is 0 Å². The second-order valence-electron chi connectivity index (χ2n) is 4.56. The van der Waals surface area contributed by atoms with Crippen LogP contribution in [0.15, 0.2) is 17.0 Å². The number of hydrogen-bond donors (Lipinski definition) is 3. The van der Waals surface area contributed by atoms with Gasteiger partial charge in [-0.15, -0.1) is 0 Å². The molecule has 0 aliphatic rings. The molecule has 0 amide bonds. The maximum absolute atomic E-state index is 13.2. The van der Waals surface area contributed by atoms with E-state index in [1.807, 2.05) is 0 Å². The number of thioether (sulfide) groups is 1. The van der Waals surface area contributed by atoms with Crippen LogP contribution >= 0.6 is 23.4 Å². The van der Waals surface area contributed by atoms with Crippen molar-refractivity contribution >= 4 is 39.1 Å². The molecule has 20 heavy (non-hydrogen) atoms. The first-order chi connectivity index (χ1) is 9.09. The Kier molecular flexibility index (Phi) is 5.68. The Morgan fingerprint density at radius 2 is 2.15 bits per heavy atom. The van der Waals surface area contributed by atoms with Gasteiger partial charge in [0.15, 0.2) is 0 Å². The van der Waals surface area contributed by atoms with Gasteiger partial charge < -0.3 is 10.8 Å². The lowest BCUT2D eigenvalue weighted by Gasteiger charge is -2.22. The van der Waals surface area contributed by atoms with E-state index in [2.05, 4.69) is 4.72 Å². The molecule has 1 unspecified atom stereocenters. The Balaban J connectivity index is 2.98. The van der Waals surface area contributed by atoms with Gasteiger partial charge in [0.1, 0.15) is 10.7 Å². The molecule has 1 atom stereocenters. The van der Waals surface area contributed by atoms with E-state index in [-0.39, 0.29) is 22.2 Å². The number of sulfonamides is 1.